The molecule has 21 heavy (non-hydrogen) atoms. The molecule has 0 aliphatic heterocycles. The molecule has 0 bridgehead atoms. The Hall–Kier alpha value is -1.29. The molecule has 0 aliphatic carbocycles. The van der Waals surface area contributed by atoms with Crippen LogP contribution >= 0.6 is 0 Å². The first-order valence-corrected chi connectivity index (χ1v) is 7.85. The molecule has 0 spiro atoms. The Bertz CT molecular complexity index is 458. The zero-order valence-electron chi connectivity index (χ0n) is 13.1. The molecule has 0 saturated heterocycles. The Balaban J connectivity index is 0.00000220. The highest BCUT2D eigenvalue weighted by Gasteiger charge is 2.05. The SMILES string of the molecule is CCCCc1nccn1CCn1ccnc1CCCC.[Cl-]. The second-order valence-corrected chi connectivity index (χ2v) is 5.28. The van der Waals surface area contributed by atoms with Crippen molar-refractivity contribution in [2.24, 2.45) is 0 Å². The molecule has 5 heteroatoms. The van der Waals surface area contributed by atoms with Gasteiger partial charge in [-0.1, -0.05) is 26.7 Å². The minimum atomic E-state index is 0. The van der Waals surface area contributed by atoms with E-state index in [4.69, 9.17) is 0 Å². The number of aromatic nitrogens is 4. The van der Waals surface area contributed by atoms with Crippen LogP contribution in [0.15, 0.2) is 24.8 Å². The molecule has 2 rings (SSSR count). The van der Waals surface area contributed by atoms with Gasteiger partial charge in [-0.3, -0.25) is 0 Å². The van der Waals surface area contributed by atoms with Gasteiger partial charge in [-0.05, 0) is 12.8 Å². The first-order valence-electron chi connectivity index (χ1n) is 7.85. The standard InChI is InChI=1S/C16H26N4.ClH/c1-3-5-7-15-17-9-11-19(15)13-14-20-12-10-18-16(20)8-6-4-2;/h9-12H,3-8,13-14H2,1-2H3;1H/p-1. The van der Waals surface area contributed by atoms with Gasteiger partial charge in [-0.25, -0.2) is 9.97 Å². The first-order chi connectivity index (χ1) is 9.85. The molecule has 0 fully saturated rings. The largest absolute Gasteiger partial charge is 1.00 e. The highest BCUT2D eigenvalue weighted by molar-refractivity contribution is 4.95. The molecule has 0 saturated carbocycles. The molecule has 2 heterocycles. The normalized spacial score (nSPS) is 10.6. The van der Waals surface area contributed by atoms with Crippen molar-refractivity contribution in [3.8, 4) is 0 Å². The summed E-state index contributed by atoms with van der Waals surface area (Å²) >= 11 is 0. The molecule has 0 unspecified atom stereocenters. The van der Waals surface area contributed by atoms with Crippen LogP contribution in [0.5, 0.6) is 0 Å². The predicted molar refractivity (Wildman–Crippen MR) is 81.7 cm³/mol. The molecule has 0 atom stereocenters. The smallest absolute Gasteiger partial charge is 0.108 e. The number of imidazole rings is 2. The van der Waals surface area contributed by atoms with Crippen LogP contribution in [0, 0.1) is 0 Å². The van der Waals surface area contributed by atoms with Gasteiger partial charge in [0, 0.05) is 50.7 Å². The van der Waals surface area contributed by atoms with Crippen LogP contribution in [-0.4, -0.2) is 19.1 Å². The van der Waals surface area contributed by atoms with E-state index in [1.807, 2.05) is 12.4 Å². The minimum Gasteiger partial charge on any atom is -1.00 e. The Morgan fingerprint density at radius 2 is 1.24 bits per heavy atom. The van der Waals surface area contributed by atoms with E-state index in [0.717, 1.165) is 25.9 Å². The monoisotopic (exact) mass is 309 g/mol. The Labute approximate surface area is 134 Å². The zero-order chi connectivity index (χ0) is 14.2. The van der Waals surface area contributed by atoms with Gasteiger partial charge in [0.05, 0.1) is 0 Å². The molecule has 0 amide bonds. The van der Waals surface area contributed by atoms with Crippen LogP contribution in [0.25, 0.3) is 0 Å². The maximum absolute atomic E-state index is 4.46. The maximum Gasteiger partial charge on any atom is 0.108 e. The molecule has 0 radical (unpaired) electrons. The summed E-state index contributed by atoms with van der Waals surface area (Å²) in [4.78, 5) is 8.93. The summed E-state index contributed by atoms with van der Waals surface area (Å²) in [6.07, 6.45) is 15.0. The summed E-state index contributed by atoms with van der Waals surface area (Å²) in [5, 5.41) is 0. The van der Waals surface area contributed by atoms with Crippen LogP contribution in [0.2, 0.25) is 0 Å². The number of aryl methyl sites for hydroxylation is 4. The quantitative estimate of drug-likeness (QED) is 0.675. The molecule has 4 nitrogen and oxygen atoms in total. The van der Waals surface area contributed by atoms with Crippen LogP contribution in [-0.2, 0) is 25.9 Å². The van der Waals surface area contributed by atoms with Crippen molar-refractivity contribution in [2.45, 2.75) is 65.5 Å². The van der Waals surface area contributed by atoms with Crippen LogP contribution in [0.1, 0.15) is 51.2 Å². The Morgan fingerprint density at radius 3 is 1.62 bits per heavy atom. The fourth-order valence-corrected chi connectivity index (χ4v) is 2.43. The summed E-state index contributed by atoms with van der Waals surface area (Å²) in [5.74, 6) is 2.42. The molecule has 0 N–H and O–H groups in total. The van der Waals surface area contributed by atoms with E-state index < -0.39 is 0 Å². The third-order valence-corrected chi connectivity index (χ3v) is 3.69. The van der Waals surface area contributed by atoms with Gasteiger partial charge < -0.3 is 21.5 Å². The van der Waals surface area contributed by atoms with E-state index in [1.165, 1.54) is 37.3 Å². The summed E-state index contributed by atoms with van der Waals surface area (Å²) in [5.41, 5.74) is 0. The number of halogens is 1. The zero-order valence-corrected chi connectivity index (χ0v) is 13.9. The third kappa shape index (κ3) is 5.20. The summed E-state index contributed by atoms with van der Waals surface area (Å²) < 4.78 is 4.55. The van der Waals surface area contributed by atoms with E-state index in [0.29, 0.717) is 0 Å². The van der Waals surface area contributed by atoms with E-state index in [9.17, 15) is 0 Å². The number of rotatable bonds is 9. The lowest BCUT2D eigenvalue weighted by molar-refractivity contribution is -0.00000453. The van der Waals surface area contributed by atoms with Gasteiger partial charge in [0.25, 0.3) is 0 Å². The van der Waals surface area contributed by atoms with Gasteiger partial charge in [0.2, 0.25) is 0 Å². The molecule has 118 valence electrons. The first kappa shape index (κ1) is 17.8. The molecular formula is C16H26ClN4-. The summed E-state index contributed by atoms with van der Waals surface area (Å²) in [6, 6.07) is 0. The number of nitrogens with zero attached hydrogens (tertiary/aromatic N) is 4. The lowest BCUT2D eigenvalue weighted by Gasteiger charge is -2.10. The lowest BCUT2D eigenvalue weighted by atomic mass is 10.2. The molecule has 2 aromatic rings. The van der Waals surface area contributed by atoms with Crippen molar-refractivity contribution in [1.82, 2.24) is 19.1 Å². The average Bonchev–Trinajstić information content (AvgIpc) is 3.09. The fraction of sp³-hybridized carbons (Fsp3) is 0.625. The van der Waals surface area contributed by atoms with E-state index in [-0.39, 0.29) is 12.4 Å². The van der Waals surface area contributed by atoms with Crippen LogP contribution < -0.4 is 12.4 Å². The molecule has 0 aromatic carbocycles. The van der Waals surface area contributed by atoms with Gasteiger partial charge in [-0.15, -0.1) is 0 Å². The average molecular weight is 310 g/mol. The highest BCUT2D eigenvalue weighted by Crippen LogP contribution is 2.07. The Kier molecular flexibility index (Phi) is 8.13. The van der Waals surface area contributed by atoms with Gasteiger partial charge in [-0.2, -0.15) is 0 Å². The van der Waals surface area contributed by atoms with Gasteiger partial charge >= 0.3 is 0 Å². The minimum absolute atomic E-state index is 0. The van der Waals surface area contributed by atoms with Crippen molar-refractivity contribution in [1.29, 1.82) is 0 Å². The van der Waals surface area contributed by atoms with Crippen molar-refractivity contribution in [3.05, 3.63) is 36.4 Å². The highest BCUT2D eigenvalue weighted by atomic mass is 35.5. The topological polar surface area (TPSA) is 35.6 Å². The van der Waals surface area contributed by atoms with Crippen LogP contribution in [0.4, 0.5) is 0 Å². The van der Waals surface area contributed by atoms with Gasteiger partial charge in [0.15, 0.2) is 0 Å². The van der Waals surface area contributed by atoms with Gasteiger partial charge in [0.1, 0.15) is 11.6 Å². The van der Waals surface area contributed by atoms with Crippen molar-refractivity contribution in [3.63, 3.8) is 0 Å². The molecule has 2 aromatic heterocycles. The Morgan fingerprint density at radius 1 is 0.810 bits per heavy atom. The summed E-state index contributed by atoms with van der Waals surface area (Å²) in [6.45, 7) is 6.40. The van der Waals surface area contributed by atoms with E-state index in [2.05, 4.69) is 45.3 Å². The maximum atomic E-state index is 4.46. The molecular weight excluding hydrogens is 284 g/mol. The number of unbranched alkanes of at least 4 members (excludes halogenated alkanes) is 2. The second kappa shape index (κ2) is 9.61. The predicted octanol–water partition coefficient (Wildman–Crippen LogP) is 0.469. The van der Waals surface area contributed by atoms with E-state index >= 15 is 0 Å². The number of hydrogen-bond donors (Lipinski definition) is 0. The third-order valence-electron chi connectivity index (χ3n) is 3.69. The second-order valence-electron chi connectivity index (χ2n) is 5.28. The molecule has 0 aliphatic rings. The number of hydrogen-bond acceptors (Lipinski definition) is 2. The summed E-state index contributed by atoms with van der Waals surface area (Å²) in [7, 11) is 0. The van der Waals surface area contributed by atoms with E-state index in [1.54, 1.807) is 0 Å². The lowest BCUT2D eigenvalue weighted by Crippen LogP contribution is -3.00. The fourth-order valence-electron chi connectivity index (χ4n) is 2.43. The van der Waals surface area contributed by atoms with Crippen LogP contribution in [0.3, 0.4) is 0 Å². The van der Waals surface area contributed by atoms with Crippen molar-refractivity contribution < 1.29 is 12.4 Å². The van der Waals surface area contributed by atoms with Crippen molar-refractivity contribution in [2.75, 3.05) is 0 Å². The van der Waals surface area contributed by atoms with Crippen molar-refractivity contribution >= 4 is 0 Å².